The maximum absolute atomic E-state index is 14.0. The first-order valence-corrected chi connectivity index (χ1v) is 14.9. The predicted octanol–water partition coefficient (Wildman–Crippen LogP) is 5.31. The van der Waals surface area contributed by atoms with Crippen molar-refractivity contribution >= 4 is 63.8 Å². The van der Waals surface area contributed by atoms with E-state index in [1.165, 1.54) is 21.2 Å². The number of thioether (sulfide) groups is 1. The molecule has 3 aromatic carbocycles. The van der Waals surface area contributed by atoms with Crippen LogP contribution in [0.15, 0.2) is 82.6 Å². The molecule has 1 aromatic heterocycles. The molecule has 4 aromatic rings. The molecule has 3 unspecified atom stereocenters. The van der Waals surface area contributed by atoms with Crippen LogP contribution in [0.2, 0.25) is 5.02 Å². The molecule has 8 nitrogen and oxygen atoms in total. The summed E-state index contributed by atoms with van der Waals surface area (Å²) in [6.45, 7) is 1.70. The minimum absolute atomic E-state index is 0.222. The Morgan fingerprint density at radius 1 is 1.00 bits per heavy atom. The molecule has 1 saturated heterocycles. The predicted molar refractivity (Wildman–Crippen MR) is 160 cm³/mol. The highest BCUT2D eigenvalue weighted by atomic mass is 35.5. The number of thiazole rings is 1. The number of hydrogen-bond acceptors (Lipinski definition) is 7. The number of nitrogens with one attached hydrogen (secondary N) is 1. The molecule has 3 amide bonds. The molecule has 0 saturated carbocycles. The SMILES string of the molecule is COc1ccc(N2C(=O)C3Sc4c(sc(=O)n4CC(=O)Nc4cccc(C)c4)C(c4ccc(Cl)cc4)C3C2=O)cc1. The third kappa shape index (κ3) is 4.96. The number of fused-ring (bicyclic) bond motifs is 2. The van der Waals surface area contributed by atoms with Gasteiger partial charge in [0.2, 0.25) is 17.7 Å². The fraction of sp³-hybridized carbons (Fsp3) is 0.200. The third-order valence-corrected chi connectivity index (χ3v) is 10.1. The van der Waals surface area contributed by atoms with Crippen molar-refractivity contribution in [2.24, 2.45) is 5.92 Å². The zero-order valence-corrected chi connectivity index (χ0v) is 24.4. The Labute approximate surface area is 248 Å². The molecule has 2 aliphatic rings. The van der Waals surface area contributed by atoms with Crippen LogP contribution in [0, 0.1) is 12.8 Å². The summed E-state index contributed by atoms with van der Waals surface area (Å²) in [5.41, 5.74) is 2.84. The van der Waals surface area contributed by atoms with E-state index in [0.717, 1.165) is 22.5 Å². The number of ether oxygens (including phenoxy) is 1. The van der Waals surface area contributed by atoms with Crippen molar-refractivity contribution < 1.29 is 19.1 Å². The van der Waals surface area contributed by atoms with E-state index in [0.29, 0.717) is 32.1 Å². The van der Waals surface area contributed by atoms with E-state index in [9.17, 15) is 19.2 Å². The summed E-state index contributed by atoms with van der Waals surface area (Å²) in [7, 11) is 1.54. The monoisotopic (exact) mass is 605 g/mol. The van der Waals surface area contributed by atoms with E-state index in [1.807, 2.05) is 37.3 Å². The van der Waals surface area contributed by atoms with Gasteiger partial charge in [-0.05, 0) is 66.6 Å². The Hall–Kier alpha value is -3.86. The molecular formula is C30H24ClN3O5S2. The standard InChI is InChI=1S/C30H24ClN3O5S2/c1-16-4-3-5-19(14-16)32-22(35)15-33-29-26(41-30(33)38)23(17-6-8-18(31)9-7-17)24-25(40-29)28(37)34(27(24)36)20-10-12-21(39-2)13-11-20/h3-14,23-25H,15H2,1-2H3,(H,32,35). The summed E-state index contributed by atoms with van der Waals surface area (Å²) in [5, 5.41) is 3.12. The topological polar surface area (TPSA) is 97.7 Å². The third-order valence-electron chi connectivity index (χ3n) is 7.21. The second kappa shape index (κ2) is 10.8. The number of aromatic nitrogens is 1. The van der Waals surface area contributed by atoms with Gasteiger partial charge >= 0.3 is 4.87 Å². The Bertz CT molecular complexity index is 1730. The lowest BCUT2D eigenvalue weighted by atomic mass is 9.83. The molecule has 0 spiro atoms. The summed E-state index contributed by atoms with van der Waals surface area (Å²) < 4.78 is 6.63. The van der Waals surface area contributed by atoms with Gasteiger partial charge in [-0.2, -0.15) is 0 Å². The fourth-order valence-electron chi connectivity index (χ4n) is 5.34. The minimum atomic E-state index is -0.780. The van der Waals surface area contributed by atoms with Crippen LogP contribution in [-0.4, -0.2) is 34.6 Å². The first kappa shape index (κ1) is 27.3. The van der Waals surface area contributed by atoms with Crippen molar-refractivity contribution in [1.82, 2.24) is 4.57 Å². The van der Waals surface area contributed by atoms with E-state index in [4.69, 9.17) is 16.3 Å². The number of methoxy groups -OCH3 is 1. The summed E-state index contributed by atoms with van der Waals surface area (Å²) in [5.74, 6) is -1.77. The average molecular weight is 606 g/mol. The van der Waals surface area contributed by atoms with Gasteiger partial charge in [0.25, 0.3) is 0 Å². The molecule has 0 bridgehead atoms. The lowest BCUT2D eigenvalue weighted by Gasteiger charge is -2.30. The minimum Gasteiger partial charge on any atom is -0.497 e. The number of imide groups is 1. The second-order valence-electron chi connectivity index (χ2n) is 9.84. The van der Waals surface area contributed by atoms with Crippen LogP contribution < -0.4 is 19.8 Å². The van der Waals surface area contributed by atoms with E-state index in [-0.39, 0.29) is 29.1 Å². The van der Waals surface area contributed by atoms with Crippen LogP contribution >= 0.6 is 34.7 Å². The van der Waals surface area contributed by atoms with Gasteiger partial charge < -0.3 is 10.1 Å². The highest BCUT2D eigenvalue weighted by Gasteiger charge is 2.56. The van der Waals surface area contributed by atoms with Gasteiger partial charge in [-0.1, -0.05) is 59.0 Å². The van der Waals surface area contributed by atoms with Crippen molar-refractivity contribution in [2.45, 2.75) is 29.7 Å². The van der Waals surface area contributed by atoms with Crippen LogP contribution in [0.3, 0.4) is 0 Å². The molecule has 11 heteroatoms. The molecule has 208 valence electrons. The normalized spacial score (nSPS) is 19.6. The molecule has 1 fully saturated rings. The van der Waals surface area contributed by atoms with Gasteiger partial charge in [0.15, 0.2) is 0 Å². The lowest BCUT2D eigenvalue weighted by Crippen LogP contribution is -2.33. The van der Waals surface area contributed by atoms with Gasteiger partial charge in [-0.15, -0.1) is 0 Å². The zero-order valence-electron chi connectivity index (χ0n) is 22.0. The fourth-order valence-corrected chi connectivity index (χ4v) is 8.24. The average Bonchev–Trinajstić information content (AvgIpc) is 3.40. The van der Waals surface area contributed by atoms with Crippen molar-refractivity contribution in [1.29, 1.82) is 0 Å². The van der Waals surface area contributed by atoms with Crippen LogP contribution in [0.1, 0.15) is 21.9 Å². The molecule has 0 aliphatic carbocycles. The summed E-state index contributed by atoms with van der Waals surface area (Å²) >= 11 is 8.34. The van der Waals surface area contributed by atoms with Crippen molar-refractivity contribution in [3.05, 3.63) is 103 Å². The maximum atomic E-state index is 14.0. The number of aryl methyl sites for hydroxylation is 1. The van der Waals surface area contributed by atoms with Gasteiger partial charge in [0.1, 0.15) is 17.5 Å². The van der Waals surface area contributed by atoms with Gasteiger partial charge in [-0.25, -0.2) is 4.90 Å². The van der Waals surface area contributed by atoms with Gasteiger partial charge in [0.05, 0.1) is 23.7 Å². The number of carbonyl (C=O) groups is 3. The Kier molecular flexibility index (Phi) is 7.23. The Morgan fingerprint density at radius 3 is 2.41 bits per heavy atom. The molecule has 6 rings (SSSR count). The molecular weight excluding hydrogens is 582 g/mol. The zero-order chi connectivity index (χ0) is 28.8. The highest BCUT2D eigenvalue weighted by molar-refractivity contribution is 8.00. The van der Waals surface area contributed by atoms with E-state index < -0.39 is 17.1 Å². The van der Waals surface area contributed by atoms with E-state index in [1.54, 1.807) is 49.6 Å². The number of anilines is 2. The van der Waals surface area contributed by atoms with Crippen LogP contribution in [0.25, 0.3) is 0 Å². The molecule has 41 heavy (non-hydrogen) atoms. The molecule has 1 N–H and O–H groups in total. The van der Waals surface area contributed by atoms with Crippen molar-refractivity contribution in [3.8, 4) is 5.75 Å². The van der Waals surface area contributed by atoms with Crippen molar-refractivity contribution in [3.63, 3.8) is 0 Å². The largest absolute Gasteiger partial charge is 0.497 e. The number of halogens is 1. The lowest BCUT2D eigenvalue weighted by molar-refractivity contribution is -0.122. The van der Waals surface area contributed by atoms with Crippen LogP contribution in [0.4, 0.5) is 11.4 Å². The van der Waals surface area contributed by atoms with Gasteiger partial charge in [-0.3, -0.25) is 23.7 Å². The first-order chi connectivity index (χ1) is 19.7. The maximum Gasteiger partial charge on any atom is 0.308 e. The van der Waals surface area contributed by atoms with Crippen molar-refractivity contribution in [2.75, 3.05) is 17.3 Å². The molecule has 2 aliphatic heterocycles. The number of hydrogen-bond donors (Lipinski definition) is 1. The first-order valence-electron chi connectivity index (χ1n) is 12.8. The Balaban J connectivity index is 1.40. The van der Waals surface area contributed by atoms with Crippen LogP contribution in [0.5, 0.6) is 5.75 Å². The van der Waals surface area contributed by atoms with E-state index in [2.05, 4.69) is 5.32 Å². The number of rotatable bonds is 6. The van der Waals surface area contributed by atoms with Crippen LogP contribution in [-0.2, 0) is 20.9 Å². The summed E-state index contributed by atoms with van der Waals surface area (Å²) in [4.78, 5) is 55.6. The van der Waals surface area contributed by atoms with Gasteiger partial charge in [0, 0.05) is 21.5 Å². The number of benzene rings is 3. The van der Waals surface area contributed by atoms with E-state index >= 15 is 0 Å². The molecule has 0 radical (unpaired) electrons. The highest BCUT2D eigenvalue weighted by Crippen LogP contribution is 2.54. The summed E-state index contributed by atoms with van der Waals surface area (Å²) in [6.07, 6.45) is 0. The summed E-state index contributed by atoms with van der Waals surface area (Å²) in [6, 6.07) is 21.2. The number of amides is 3. The molecule has 3 atom stereocenters. The smallest absolute Gasteiger partial charge is 0.308 e. The quantitative estimate of drug-likeness (QED) is 0.299. The molecule has 3 heterocycles. The second-order valence-corrected chi connectivity index (χ2v) is 12.4. The number of nitrogens with zero attached hydrogens (tertiary/aromatic N) is 2. The Morgan fingerprint density at radius 2 is 1.73 bits per heavy atom. The number of carbonyl (C=O) groups excluding carboxylic acids is 3.